The van der Waals surface area contributed by atoms with Crippen molar-refractivity contribution in [3.05, 3.63) is 34.1 Å². The second-order valence-corrected chi connectivity index (χ2v) is 4.71. The summed E-state index contributed by atoms with van der Waals surface area (Å²) in [4.78, 5) is 14.9. The number of halogens is 1. The summed E-state index contributed by atoms with van der Waals surface area (Å²) in [6.45, 7) is 1.98. The van der Waals surface area contributed by atoms with Gasteiger partial charge in [0.1, 0.15) is 5.82 Å². The van der Waals surface area contributed by atoms with Crippen LogP contribution in [0.25, 0.3) is 17.1 Å². The van der Waals surface area contributed by atoms with Crippen molar-refractivity contribution in [2.75, 3.05) is 0 Å². The quantitative estimate of drug-likeness (QED) is 0.867. The van der Waals surface area contributed by atoms with Gasteiger partial charge in [0.15, 0.2) is 0 Å². The van der Waals surface area contributed by atoms with Crippen LogP contribution in [-0.2, 0) is 11.8 Å². The summed E-state index contributed by atoms with van der Waals surface area (Å²) in [5.74, 6) is -0.349. The van der Waals surface area contributed by atoms with E-state index in [1.54, 1.807) is 0 Å². The average Bonchev–Trinajstić information content (AvgIpc) is 2.54. The average molecular weight is 295 g/mol. The maximum atomic E-state index is 10.5. The summed E-state index contributed by atoms with van der Waals surface area (Å²) < 4.78 is 2.85. The van der Waals surface area contributed by atoms with Gasteiger partial charge in [0, 0.05) is 17.6 Å². The first-order chi connectivity index (χ1) is 7.99. The van der Waals surface area contributed by atoms with Crippen molar-refractivity contribution in [2.45, 2.75) is 6.92 Å². The lowest BCUT2D eigenvalue weighted by molar-refractivity contribution is -0.131. The van der Waals surface area contributed by atoms with E-state index in [0.717, 1.165) is 27.1 Å². The summed E-state index contributed by atoms with van der Waals surface area (Å²) in [6, 6.07) is 3.95. The van der Waals surface area contributed by atoms with Gasteiger partial charge in [0.25, 0.3) is 0 Å². The van der Waals surface area contributed by atoms with Crippen LogP contribution in [-0.4, -0.2) is 20.6 Å². The topological polar surface area (TPSA) is 55.1 Å². The van der Waals surface area contributed by atoms with Crippen LogP contribution in [0, 0.1) is 6.92 Å². The first-order valence-corrected chi connectivity index (χ1v) is 5.82. The Morgan fingerprint density at radius 3 is 2.88 bits per heavy atom. The monoisotopic (exact) mass is 294 g/mol. The minimum atomic E-state index is -0.977. The third kappa shape index (κ3) is 2.24. The molecule has 1 aromatic carbocycles. The van der Waals surface area contributed by atoms with Gasteiger partial charge in [-0.25, -0.2) is 9.78 Å². The molecule has 0 amide bonds. The van der Waals surface area contributed by atoms with E-state index in [1.165, 1.54) is 6.08 Å². The normalized spacial score (nSPS) is 11.5. The Kier molecular flexibility index (Phi) is 3.02. The number of benzene rings is 1. The van der Waals surface area contributed by atoms with E-state index >= 15 is 0 Å². The molecule has 0 saturated heterocycles. The Balaban J connectivity index is 2.64. The number of hydrogen-bond donors (Lipinski definition) is 1. The second kappa shape index (κ2) is 4.33. The summed E-state index contributed by atoms with van der Waals surface area (Å²) in [6.07, 6.45) is 2.58. The fourth-order valence-corrected chi connectivity index (χ4v) is 2.29. The predicted octanol–water partition coefficient (Wildman–Crippen LogP) is 2.74. The number of fused-ring (bicyclic) bond motifs is 1. The SMILES string of the molecule is Cc1cc(Br)cc2c1nc(/C=C/C(=O)O)n2C. The molecule has 0 unspecified atom stereocenters. The number of aromatic nitrogens is 2. The number of rotatable bonds is 2. The molecule has 1 heterocycles. The maximum absolute atomic E-state index is 10.5. The molecule has 1 N–H and O–H groups in total. The molecule has 0 saturated carbocycles. The number of carbonyl (C=O) groups is 1. The van der Waals surface area contributed by atoms with Crippen LogP contribution in [0.5, 0.6) is 0 Å². The minimum absolute atomic E-state index is 0.628. The zero-order chi connectivity index (χ0) is 12.6. The van der Waals surface area contributed by atoms with Crippen molar-refractivity contribution in [3.8, 4) is 0 Å². The lowest BCUT2D eigenvalue weighted by Crippen LogP contribution is -1.93. The van der Waals surface area contributed by atoms with Gasteiger partial charge in [-0.05, 0) is 30.7 Å². The van der Waals surface area contributed by atoms with Crippen LogP contribution in [0.3, 0.4) is 0 Å². The smallest absolute Gasteiger partial charge is 0.328 e. The minimum Gasteiger partial charge on any atom is -0.478 e. The van der Waals surface area contributed by atoms with Gasteiger partial charge in [-0.3, -0.25) is 0 Å². The van der Waals surface area contributed by atoms with Crippen molar-refractivity contribution in [1.29, 1.82) is 0 Å². The maximum Gasteiger partial charge on any atom is 0.328 e. The van der Waals surface area contributed by atoms with Crippen LogP contribution >= 0.6 is 15.9 Å². The highest BCUT2D eigenvalue weighted by atomic mass is 79.9. The highest BCUT2D eigenvalue weighted by Gasteiger charge is 2.08. The molecule has 0 bridgehead atoms. The molecule has 0 aliphatic rings. The van der Waals surface area contributed by atoms with Crippen LogP contribution in [0.15, 0.2) is 22.7 Å². The van der Waals surface area contributed by atoms with Crippen molar-refractivity contribution in [2.24, 2.45) is 7.05 Å². The van der Waals surface area contributed by atoms with E-state index in [2.05, 4.69) is 20.9 Å². The fraction of sp³-hybridized carbons (Fsp3) is 0.167. The summed E-state index contributed by atoms with van der Waals surface area (Å²) in [5, 5.41) is 8.61. The molecule has 17 heavy (non-hydrogen) atoms. The third-order valence-corrected chi connectivity index (χ3v) is 3.01. The number of carboxylic acid groups (broad SMARTS) is 1. The van der Waals surface area contributed by atoms with Gasteiger partial charge < -0.3 is 9.67 Å². The largest absolute Gasteiger partial charge is 0.478 e. The van der Waals surface area contributed by atoms with Crippen molar-refractivity contribution in [1.82, 2.24) is 9.55 Å². The first kappa shape index (κ1) is 11.9. The van der Waals surface area contributed by atoms with Crippen molar-refractivity contribution < 1.29 is 9.90 Å². The number of aryl methyl sites for hydroxylation is 2. The molecule has 0 aliphatic carbocycles. The predicted molar refractivity (Wildman–Crippen MR) is 69.8 cm³/mol. The lowest BCUT2D eigenvalue weighted by atomic mass is 10.2. The highest BCUT2D eigenvalue weighted by molar-refractivity contribution is 9.10. The first-order valence-electron chi connectivity index (χ1n) is 5.02. The van der Waals surface area contributed by atoms with Gasteiger partial charge in [-0.1, -0.05) is 15.9 Å². The number of nitrogens with zero attached hydrogens (tertiary/aromatic N) is 2. The Labute approximate surface area is 107 Å². The zero-order valence-corrected chi connectivity index (χ0v) is 11.0. The van der Waals surface area contributed by atoms with Gasteiger partial charge in [-0.2, -0.15) is 0 Å². The molecule has 0 fully saturated rings. The van der Waals surface area contributed by atoms with E-state index in [9.17, 15) is 4.79 Å². The van der Waals surface area contributed by atoms with Crippen LogP contribution in [0.4, 0.5) is 0 Å². The molecule has 0 atom stereocenters. The Hall–Kier alpha value is -1.62. The molecule has 2 rings (SSSR count). The second-order valence-electron chi connectivity index (χ2n) is 3.79. The Morgan fingerprint density at radius 1 is 1.53 bits per heavy atom. The summed E-state index contributed by atoms with van der Waals surface area (Å²) in [5.41, 5.74) is 2.92. The van der Waals surface area contributed by atoms with Gasteiger partial charge in [0.05, 0.1) is 11.0 Å². The Morgan fingerprint density at radius 2 is 2.24 bits per heavy atom. The van der Waals surface area contributed by atoms with E-state index in [1.807, 2.05) is 30.7 Å². The molecule has 0 spiro atoms. The van der Waals surface area contributed by atoms with E-state index in [0.29, 0.717) is 5.82 Å². The number of aliphatic carboxylic acids is 1. The van der Waals surface area contributed by atoms with Gasteiger partial charge >= 0.3 is 5.97 Å². The van der Waals surface area contributed by atoms with E-state index in [-0.39, 0.29) is 0 Å². The molecule has 1 aromatic heterocycles. The van der Waals surface area contributed by atoms with Crippen molar-refractivity contribution in [3.63, 3.8) is 0 Å². The van der Waals surface area contributed by atoms with Gasteiger partial charge in [0.2, 0.25) is 0 Å². The number of carboxylic acids is 1. The molecule has 0 radical (unpaired) electrons. The summed E-state index contributed by atoms with van der Waals surface area (Å²) in [7, 11) is 1.86. The standard InChI is InChI=1S/C12H11BrN2O2/c1-7-5-8(13)6-9-12(7)14-10(15(9)2)3-4-11(16)17/h3-6H,1-2H3,(H,16,17)/b4-3+. The molecular formula is C12H11BrN2O2. The van der Waals surface area contributed by atoms with Crippen LogP contribution in [0.1, 0.15) is 11.4 Å². The molecule has 4 nitrogen and oxygen atoms in total. The zero-order valence-electron chi connectivity index (χ0n) is 9.44. The molecule has 2 aromatic rings. The highest BCUT2D eigenvalue weighted by Crippen LogP contribution is 2.24. The lowest BCUT2D eigenvalue weighted by Gasteiger charge is -1.99. The van der Waals surface area contributed by atoms with Crippen molar-refractivity contribution >= 4 is 39.0 Å². The molecule has 0 aliphatic heterocycles. The third-order valence-electron chi connectivity index (χ3n) is 2.55. The molecule has 88 valence electrons. The van der Waals surface area contributed by atoms with E-state index < -0.39 is 5.97 Å². The Bertz CT molecular complexity index is 629. The van der Waals surface area contributed by atoms with E-state index in [4.69, 9.17) is 5.11 Å². The fourth-order valence-electron chi connectivity index (χ4n) is 1.73. The van der Waals surface area contributed by atoms with Crippen LogP contribution < -0.4 is 0 Å². The van der Waals surface area contributed by atoms with Gasteiger partial charge in [-0.15, -0.1) is 0 Å². The van der Waals surface area contributed by atoms with Crippen LogP contribution in [0.2, 0.25) is 0 Å². The molecular weight excluding hydrogens is 284 g/mol. The summed E-state index contributed by atoms with van der Waals surface area (Å²) >= 11 is 3.44. The number of imidazole rings is 1. The molecule has 5 heteroatoms. The number of hydrogen-bond acceptors (Lipinski definition) is 2.